The van der Waals surface area contributed by atoms with E-state index in [9.17, 15) is 4.79 Å². The molecule has 1 aliphatic heterocycles. The molecule has 5 heteroatoms. The molecule has 2 aromatic rings. The second-order valence-corrected chi connectivity index (χ2v) is 6.10. The SMILES string of the molecule is CC(=O)N1CCC(NCc2c[nH]c3cc(Cl)ccc23)CC1. The lowest BCUT2D eigenvalue weighted by Crippen LogP contribution is -2.43. The van der Waals surface area contributed by atoms with Gasteiger partial charge in [0.05, 0.1) is 0 Å². The van der Waals surface area contributed by atoms with Crippen LogP contribution in [-0.2, 0) is 11.3 Å². The zero-order valence-electron chi connectivity index (χ0n) is 12.2. The van der Waals surface area contributed by atoms with Gasteiger partial charge in [-0.1, -0.05) is 17.7 Å². The van der Waals surface area contributed by atoms with Gasteiger partial charge in [0, 0.05) is 54.7 Å². The molecule has 0 aliphatic carbocycles. The first-order valence-corrected chi connectivity index (χ1v) is 7.75. The first-order valence-electron chi connectivity index (χ1n) is 7.38. The van der Waals surface area contributed by atoms with Gasteiger partial charge in [0.25, 0.3) is 0 Å². The molecule has 1 fully saturated rings. The highest BCUT2D eigenvalue weighted by Crippen LogP contribution is 2.22. The number of rotatable bonds is 3. The number of H-pyrrole nitrogens is 1. The predicted octanol–water partition coefficient (Wildman–Crippen LogP) is 2.92. The van der Waals surface area contributed by atoms with Gasteiger partial charge >= 0.3 is 0 Å². The number of halogens is 1. The number of piperidine rings is 1. The molecule has 1 aromatic carbocycles. The average molecular weight is 306 g/mol. The third-order valence-corrected chi connectivity index (χ3v) is 4.49. The maximum Gasteiger partial charge on any atom is 0.219 e. The molecule has 2 N–H and O–H groups in total. The van der Waals surface area contributed by atoms with Gasteiger partial charge < -0.3 is 15.2 Å². The molecule has 0 radical (unpaired) electrons. The fourth-order valence-electron chi connectivity index (χ4n) is 2.96. The predicted molar refractivity (Wildman–Crippen MR) is 85.4 cm³/mol. The van der Waals surface area contributed by atoms with E-state index in [1.54, 1.807) is 6.92 Å². The Bertz CT molecular complexity index is 644. The second-order valence-electron chi connectivity index (χ2n) is 5.67. The molecule has 2 heterocycles. The standard InChI is InChI=1S/C16H20ClN3O/c1-11(21)20-6-4-14(5-7-20)18-9-12-10-19-16-8-13(17)2-3-15(12)16/h2-3,8,10,14,18-19H,4-7,9H2,1H3. The largest absolute Gasteiger partial charge is 0.361 e. The Morgan fingerprint density at radius 3 is 2.90 bits per heavy atom. The lowest BCUT2D eigenvalue weighted by atomic mass is 10.0. The molecule has 4 nitrogen and oxygen atoms in total. The van der Waals surface area contributed by atoms with Crippen molar-refractivity contribution < 1.29 is 4.79 Å². The Hall–Kier alpha value is -1.52. The molecule has 3 rings (SSSR count). The summed E-state index contributed by atoms with van der Waals surface area (Å²) in [5, 5.41) is 5.57. The number of carbonyl (C=O) groups is 1. The van der Waals surface area contributed by atoms with Crippen molar-refractivity contribution in [1.29, 1.82) is 0 Å². The van der Waals surface area contributed by atoms with Crippen molar-refractivity contribution in [1.82, 2.24) is 15.2 Å². The lowest BCUT2D eigenvalue weighted by Gasteiger charge is -2.31. The Labute approximate surface area is 129 Å². The number of likely N-dealkylation sites (tertiary alicyclic amines) is 1. The van der Waals surface area contributed by atoms with Gasteiger partial charge in [-0.25, -0.2) is 0 Å². The van der Waals surface area contributed by atoms with Crippen molar-refractivity contribution in [2.45, 2.75) is 32.4 Å². The number of amides is 1. The van der Waals surface area contributed by atoms with Crippen molar-refractivity contribution in [3.8, 4) is 0 Å². The number of benzene rings is 1. The summed E-state index contributed by atoms with van der Waals surface area (Å²) >= 11 is 6.00. The number of aromatic nitrogens is 1. The molecule has 0 unspecified atom stereocenters. The van der Waals surface area contributed by atoms with Crippen LogP contribution in [0.4, 0.5) is 0 Å². The van der Waals surface area contributed by atoms with E-state index in [4.69, 9.17) is 11.6 Å². The molecular formula is C16H20ClN3O. The second kappa shape index (κ2) is 6.08. The smallest absolute Gasteiger partial charge is 0.219 e. The van der Waals surface area contributed by atoms with Gasteiger partial charge in [0.2, 0.25) is 5.91 Å². The lowest BCUT2D eigenvalue weighted by molar-refractivity contribution is -0.129. The monoisotopic (exact) mass is 305 g/mol. The van der Waals surface area contributed by atoms with E-state index in [1.165, 1.54) is 10.9 Å². The summed E-state index contributed by atoms with van der Waals surface area (Å²) < 4.78 is 0. The minimum Gasteiger partial charge on any atom is -0.361 e. The molecule has 112 valence electrons. The molecule has 1 aromatic heterocycles. The Kier molecular flexibility index (Phi) is 4.17. The number of carbonyl (C=O) groups excluding carboxylic acids is 1. The van der Waals surface area contributed by atoms with Crippen LogP contribution in [0, 0.1) is 0 Å². The third-order valence-electron chi connectivity index (χ3n) is 4.25. The average Bonchev–Trinajstić information content (AvgIpc) is 2.87. The van der Waals surface area contributed by atoms with Gasteiger partial charge in [-0.15, -0.1) is 0 Å². The molecule has 1 saturated heterocycles. The molecule has 0 spiro atoms. The minimum atomic E-state index is 0.182. The van der Waals surface area contributed by atoms with Gasteiger partial charge in [0.1, 0.15) is 0 Å². The summed E-state index contributed by atoms with van der Waals surface area (Å²) in [4.78, 5) is 16.5. The molecule has 21 heavy (non-hydrogen) atoms. The van der Waals surface area contributed by atoms with E-state index < -0.39 is 0 Å². The van der Waals surface area contributed by atoms with Crippen molar-refractivity contribution in [2.75, 3.05) is 13.1 Å². The zero-order chi connectivity index (χ0) is 14.8. The Balaban J connectivity index is 1.59. The van der Waals surface area contributed by atoms with E-state index in [0.29, 0.717) is 6.04 Å². The van der Waals surface area contributed by atoms with Crippen molar-refractivity contribution in [3.05, 3.63) is 35.0 Å². The van der Waals surface area contributed by atoms with Crippen LogP contribution in [0.15, 0.2) is 24.4 Å². The quantitative estimate of drug-likeness (QED) is 0.916. The van der Waals surface area contributed by atoms with Gasteiger partial charge in [-0.3, -0.25) is 4.79 Å². The number of nitrogens with zero attached hydrogens (tertiary/aromatic N) is 1. The number of aromatic amines is 1. The highest BCUT2D eigenvalue weighted by molar-refractivity contribution is 6.31. The van der Waals surface area contributed by atoms with Crippen LogP contribution in [0.25, 0.3) is 10.9 Å². The summed E-state index contributed by atoms with van der Waals surface area (Å²) in [6.07, 6.45) is 4.08. The van der Waals surface area contributed by atoms with Crippen molar-refractivity contribution in [3.63, 3.8) is 0 Å². The Morgan fingerprint density at radius 1 is 1.43 bits per heavy atom. The molecule has 1 amide bonds. The number of fused-ring (bicyclic) bond motifs is 1. The topological polar surface area (TPSA) is 48.1 Å². The van der Waals surface area contributed by atoms with E-state index >= 15 is 0 Å². The highest BCUT2D eigenvalue weighted by Gasteiger charge is 2.20. The van der Waals surface area contributed by atoms with E-state index in [1.807, 2.05) is 23.2 Å². The summed E-state index contributed by atoms with van der Waals surface area (Å²) in [5.74, 6) is 0.182. The normalized spacial score (nSPS) is 16.6. The first-order chi connectivity index (χ1) is 10.1. The van der Waals surface area contributed by atoms with E-state index in [0.717, 1.165) is 43.0 Å². The minimum absolute atomic E-state index is 0.182. The summed E-state index contributed by atoms with van der Waals surface area (Å²) in [6, 6.07) is 6.42. The highest BCUT2D eigenvalue weighted by atomic mass is 35.5. The first kappa shape index (κ1) is 14.4. The van der Waals surface area contributed by atoms with Gasteiger partial charge in [0.15, 0.2) is 0 Å². The van der Waals surface area contributed by atoms with Crippen LogP contribution in [0.1, 0.15) is 25.3 Å². The Morgan fingerprint density at radius 2 is 2.19 bits per heavy atom. The van der Waals surface area contributed by atoms with Crippen LogP contribution < -0.4 is 5.32 Å². The van der Waals surface area contributed by atoms with Crippen LogP contribution in [0.2, 0.25) is 5.02 Å². The molecule has 0 saturated carbocycles. The molecule has 0 bridgehead atoms. The number of nitrogens with one attached hydrogen (secondary N) is 2. The van der Waals surface area contributed by atoms with Crippen molar-refractivity contribution in [2.24, 2.45) is 0 Å². The van der Waals surface area contributed by atoms with Gasteiger partial charge in [-0.05, 0) is 30.5 Å². The third kappa shape index (κ3) is 3.22. The van der Waals surface area contributed by atoms with Gasteiger partial charge in [-0.2, -0.15) is 0 Å². The van der Waals surface area contributed by atoms with Crippen LogP contribution >= 0.6 is 11.6 Å². The fourth-order valence-corrected chi connectivity index (χ4v) is 3.13. The maximum atomic E-state index is 11.3. The summed E-state index contributed by atoms with van der Waals surface area (Å²) in [5.41, 5.74) is 2.33. The van der Waals surface area contributed by atoms with Crippen LogP contribution in [0.3, 0.4) is 0 Å². The number of hydrogen-bond donors (Lipinski definition) is 2. The van der Waals surface area contributed by atoms with E-state index in [-0.39, 0.29) is 5.91 Å². The summed E-state index contributed by atoms with van der Waals surface area (Å²) in [7, 11) is 0. The molecule has 0 atom stereocenters. The van der Waals surface area contributed by atoms with Crippen LogP contribution in [-0.4, -0.2) is 34.9 Å². The van der Waals surface area contributed by atoms with Crippen molar-refractivity contribution >= 4 is 28.4 Å². The van der Waals surface area contributed by atoms with Crippen LogP contribution in [0.5, 0.6) is 0 Å². The summed E-state index contributed by atoms with van der Waals surface area (Å²) in [6.45, 7) is 4.20. The maximum absolute atomic E-state index is 11.3. The van der Waals surface area contributed by atoms with E-state index in [2.05, 4.69) is 16.4 Å². The number of hydrogen-bond acceptors (Lipinski definition) is 2. The molecular weight excluding hydrogens is 286 g/mol. The molecule has 1 aliphatic rings. The zero-order valence-corrected chi connectivity index (χ0v) is 12.9. The fraction of sp³-hybridized carbons (Fsp3) is 0.438.